The van der Waals surface area contributed by atoms with Crippen LogP contribution in [0.2, 0.25) is 0 Å². The van der Waals surface area contributed by atoms with Crippen molar-refractivity contribution in [3.63, 3.8) is 0 Å². The van der Waals surface area contributed by atoms with E-state index in [1.54, 1.807) is 0 Å². The zero-order valence-electron chi connectivity index (χ0n) is 12.3. The van der Waals surface area contributed by atoms with Gasteiger partial charge < -0.3 is 10.2 Å². The molecule has 2 aliphatic rings. The van der Waals surface area contributed by atoms with E-state index in [0.717, 1.165) is 12.0 Å². The van der Waals surface area contributed by atoms with Crippen LogP contribution in [0.3, 0.4) is 0 Å². The third kappa shape index (κ3) is 4.89. The molecular weight excluding hydrogens is 220 g/mol. The smallest absolute Gasteiger partial charge is 0.0195 e. The Kier molecular flexibility index (Phi) is 6.50. The number of nitrogens with zero attached hydrogens (tertiary/aromatic N) is 1. The van der Waals surface area contributed by atoms with Crippen LogP contribution in [0.5, 0.6) is 0 Å². The van der Waals surface area contributed by atoms with Gasteiger partial charge in [-0.3, -0.25) is 0 Å². The third-order valence-corrected chi connectivity index (χ3v) is 4.71. The molecule has 0 aromatic rings. The summed E-state index contributed by atoms with van der Waals surface area (Å²) in [5, 5.41) is 3.66. The lowest BCUT2D eigenvalue weighted by Crippen LogP contribution is -2.40. The van der Waals surface area contributed by atoms with E-state index < -0.39 is 0 Å². The molecule has 1 unspecified atom stereocenters. The Hall–Kier alpha value is -0.0800. The van der Waals surface area contributed by atoms with Crippen molar-refractivity contribution in [2.75, 3.05) is 26.2 Å². The fourth-order valence-corrected chi connectivity index (χ4v) is 3.60. The summed E-state index contributed by atoms with van der Waals surface area (Å²) in [6, 6.07) is 0.783. The fraction of sp³-hybridized carbons (Fsp3) is 1.00. The van der Waals surface area contributed by atoms with E-state index >= 15 is 0 Å². The van der Waals surface area contributed by atoms with Crippen LogP contribution in [-0.2, 0) is 0 Å². The Balaban J connectivity index is 1.74. The fourth-order valence-electron chi connectivity index (χ4n) is 3.60. The van der Waals surface area contributed by atoms with Crippen molar-refractivity contribution < 1.29 is 0 Å². The average molecular weight is 252 g/mol. The van der Waals surface area contributed by atoms with Crippen molar-refractivity contribution in [1.29, 1.82) is 0 Å². The molecule has 2 nitrogen and oxygen atoms in total. The lowest BCUT2D eigenvalue weighted by Gasteiger charge is -2.31. The standard InChI is InChI=1S/C16H32N2/c1-2-3-12-18(14-16-10-7-11-17-16)13-15-8-5-4-6-9-15/h15-17H,2-14H2,1H3. The maximum atomic E-state index is 3.66. The maximum absolute atomic E-state index is 3.66. The summed E-state index contributed by atoms with van der Waals surface area (Å²) in [6.07, 6.45) is 12.9. The SMILES string of the molecule is CCCCN(CC1CCCCC1)CC1CCCN1. The molecular formula is C16H32N2. The van der Waals surface area contributed by atoms with E-state index in [1.165, 1.54) is 84.0 Å². The van der Waals surface area contributed by atoms with Gasteiger partial charge in [0.1, 0.15) is 0 Å². The quantitative estimate of drug-likeness (QED) is 0.747. The van der Waals surface area contributed by atoms with Gasteiger partial charge in [0, 0.05) is 19.1 Å². The van der Waals surface area contributed by atoms with E-state index in [2.05, 4.69) is 17.1 Å². The highest BCUT2D eigenvalue weighted by Crippen LogP contribution is 2.24. The van der Waals surface area contributed by atoms with Gasteiger partial charge in [0.25, 0.3) is 0 Å². The van der Waals surface area contributed by atoms with Gasteiger partial charge in [-0.1, -0.05) is 32.6 Å². The zero-order valence-corrected chi connectivity index (χ0v) is 12.3. The summed E-state index contributed by atoms with van der Waals surface area (Å²) in [5.41, 5.74) is 0. The summed E-state index contributed by atoms with van der Waals surface area (Å²) in [6.45, 7) is 7.56. The number of rotatable bonds is 7. The summed E-state index contributed by atoms with van der Waals surface area (Å²) in [7, 11) is 0. The molecule has 1 N–H and O–H groups in total. The highest BCUT2D eigenvalue weighted by molar-refractivity contribution is 4.79. The molecule has 1 aliphatic carbocycles. The Bertz CT molecular complexity index is 205. The first kappa shape index (κ1) is 14.3. The maximum Gasteiger partial charge on any atom is 0.0195 e. The highest BCUT2D eigenvalue weighted by atomic mass is 15.2. The average Bonchev–Trinajstić information content (AvgIpc) is 2.90. The van der Waals surface area contributed by atoms with Crippen LogP contribution in [0, 0.1) is 5.92 Å². The highest BCUT2D eigenvalue weighted by Gasteiger charge is 2.21. The molecule has 2 rings (SSSR count). The molecule has 0 bridgehead atoms. The molecule has 2 fully saturated rings. The topological polar surface area (TPSA) is 15.3 Å². The molecule has 18 heavy (non-hydrogen) atoms. The molecule has 1 saturated carbocycles. The van der Waals surface area contributed by atoms with Gasteiger partial charge in [0.15, 0.2) is 0 Å². The van der Waals surface area contributed by atoms with E-state index in [4.69, 9.17) is 0 Å². The van der Waals surface area contributed by atoms with Crippen LogP contribution >= 0.6 is 0 Å². The second-order valence-electron chi connectivity index (χ2n) is 6.41. The molecule has 0 spiro atoms. The second kappa shape index (κ2) is 8.16. The molecule has 0 aromatic heterocycles. The minimum atomic E-state index is 0.783. The molecule has 1 saturated heterocycles. The number of hydrogen-bond acceptors (Lipinski definition) is 2. The van der Waals surface area contributed by atoms with E-state index in [0.29, 0.717) is 0 Å². The summed E-state index contributed by atoms with van der Waals surface area (Å²) in [4.78, 5) is 2.77. The molecule has 0 aromatic carbocycles. The van der Waals surface area contributed by atoms with Crippen LogP contribution in [0.15, 0.2) is 0 Å². The first-order valence-corrected chi connectivity index (χ1v) is 8.34. The van der Waals surface area contributed by atoms with E-state index in [1.807, 2.05) is 0 Å². The molecule has 0 amide bonds. The van der Waals surface area contributed by atoms with Crippen molar-refractivity contribution in [3.8, 4) is 0 Å². The molecule has 1 atom stereocenters. The van der Waals surface area contributed by atoms with Gasteiger partial charge in [0.05, 0.1) is 0 Å². The molecule has 1 heterocycles. The van der Waals surface area contributed by atoms with Gasteiger partial charge in [-0.2, -0.15) is 0 Å². The minimum absolute atomic E-state index is 0.783. The van der Waals surface area contributed by atoms with Crippen molar-refractivity contribution in [2.24, 2.45) is 5.92 Å². The zero-order chi connectivity index (χ0) is 12.6. The first-order valence-electron chi connectivity index (χ1n) is 8.34. The number of hydrogen-bond donors (Lipinski definition) is 1. The van der Waals surface area contributed by atoms with Gasteiger partial charge in [-0.25, -0.2) is 0 Å². The third-order valence-electron chi connectivity index (χ3n) is 4.71. The Morgan fingerprint density at radius 3 is 2.50 bits per heavy atom. The molecule has 1 aliphatic heterocycles. The van der Waals surface area contributed by atoms with Gasteiger partial charge in [0.2, 0.25) is 0 Å². The van der Waals surface area contributed by atoms with Gasteiger partial charge in [-0.05, 0) is 51.1 Å². The van der Waals surface area contributed by atoms with E-state index in [-0.39, 0.29) is 0 Å². The largest absolute Gasteiger partial charge is 0.313 e. The Morgan fingerprint density at radius 1 is 1.00 bits per heavy atom. The van der Waals surface area contributed by atoms with Crippen LogP contribution in [-0.4, -0.2) is 37.1 Å². The summed E-state index contributed by atoms with van der Waals surface area (Å²) >= 11 is 0. The van der Waals surface area contributed by atoms with Crippen molar-refractivity contribution in [1.82, 2.24) is 10.2 Å². The molecule has 0 radical (unpaired) electrons. The predicted molar refractivity (Wildman–Crippen MR) is 78.9 cm³/mol. The molecule has 106 valence electrons. The van der Waals surface area contributed by atoms with Crippen LogP contribution < -0.4 is 5.32 Å². The minimum Gasteiger partial charge on any atom is -0.313 e. The second-order valence-corrected chi connectivity index (χ2v) is 6.41. The van der Waals surface area contributed by atoms with Crippen molar-refractivity contribution >= 4 is 0 Å². The Labute approximate surface area is 114 Å². The van der Waals surface area contributed by atoms with Crippen molar-refractivity contribution in [3.05, 3.63) is 0 Å². The Morgan fingerprint density at radius 2 is 1.83 bits per heavy atom. The van der Waals surface area contributed by atoms with Crippen molar-refractivity contribution in [2.45, 2.75) is 70.8 Å². The van der Waals surface area contributed by atoms with E-state index in [9.17, 15) is 0 Å². The van der Waals surface area contributed by atoms with Gasteiger partial charge in [-0.15, -0.1) is 0 Å². The van der Waals surface area contributed by atoms with Crippen LogP contribution in [0.25, 0.3) is 0 Å². The summed E-state index contributed by atoms with van der Waals surface area (Å²) < 4.78 is 0. The normalized spacial score (nSPS) is 26.0. The number of nitrogens with one attached hydrogen (secondary N) is 1. The number of unbranched alkanes of at least 4 members (excludes halogenated alkanes) is 1. The first-order chi connectivity index (χ1) is 8.88. The van der Waals surface area contributed by atoms with Gasteiger partial charge >= 0.3 is 0 Å². The lowest BCUT2D eigenvalue weighted by atomic mass is 9.89. The lowest BCUT2D eigenvalue weighted by molar-refractivity contribution is 0.185. The predicted octanol–water partition coefficient (Wildman–Crippen LogP) is 3.42. The summed E-state index contributed by atoms with van der Waals surface area (Å²) in [5.74, 6) is 0.997. The molecule has 2 heteroatoms. The van der Waals surface area contributed by atoms with Crippen LogP contribution in [0.1, 0.15) is 64.7 Å². The van der Waals surface area contributed by atoms with Crippen LogP contribution in [0.4, 0.5) is 0 Å². The monoisotopic (exact) mass is 252 g/mol.